The Bertz CT molecular complexity index is 945. The topological polar surface area (TPSA) is 91.3 Å². The lowest BCUT2D eigenvalue weighted by Gasteiger charge is -2.42. The molecule has 184 valence electrons. The number of esters is 1. The molecule has 2 aromatic carbocycles. The number of aliphatic hydroxyl groups is 1. The van der Waals surface area contributed by atoms with Crippen molar-refractivity contribution < 1.29 is 33.6 Å². The molecular formula is C26H32O7S. The van der Waals surface area contributed by atoms with Gasteiger partial charge in [0.1, 0.15) is 29.2 Å². The maximum atomic E-state index is 12.4. The van der Waals surface area contributed by atoms with Crippen LogP contribution in [0.1, 0.15) is 37.8 Å². The molecule has 1 aliphatic rings. The van der Waals surface area contributed by atoms with Gasteiger partial charge in [0.2, 0.25) is 0 Å². The SMILES string of the molecule is COc1ccc(CO[C@H]2[C@@H](O)[C@H](Sc3ccc(C)cc3)O[C@@H](C)[C@@H]2OC(=O)CCC(C)=O)cc1. The van der Waals surface area contributed by atoms with Crippen LogP contribution in [-0.2, 0) is 30.4 Å². The average Bonchev–Trinajstić information content (AvgIpc) is 2.82. The lowest BCUT2D eigenvalue weighted by molar-refractivity contribution is -0.225. The van der Waals surface area contributed by atoms with Gasteiger partial charge < -0.3 is 28.8 Å². The van der Waals surface area contributed by atoms with E-state index in [0.29, 0.717) is 0 Å². The molecule has 1 N–H and O–H groups in total. The summed E-state index contributed by atoms with van der Waals surface area (Å²) in [6.07, 6.45) is -3.12. The molecule has 1 saturated heterocycles. The number of hydrogen-bond donors (Lipinski definition) is 1. The van der Waals surface area contributed by atoms with Crippen molar-refractivity contribution in [3.05, 3.63) is 59.7 Å². The lowest BCUT2D eigenvalue weighted by Crippen LogP contribution is -2.58. The van der Waals surface area contributed by atoms with Gasteiger partial charge in [-0.15, -0.1) is 0 Å². The Morgan fingerprint density at radius 3 is 2.32 bits per heavy atom. The van der Waals surface area contributed by atoms with Crippen LogP contribution in [0.25, 0.3) is 0 Å². The molecule has 7 nitrogen and oxygen atoms in total. The summed E-state index contributed by atoms with van der Waals surface area (Å²) < 4.78 is 23.0. The molecule has 8 heteroatoms. The van der Waals surface area contributed by atoms with E-state index in [9.17, 15) is 14.7 Å². The van der Waals surface area contributed by atoms with Crippen molar-refractivity contribution in [3.63, 3.8) is 0 Å². The Morgan fingerprint density at radius 2 is 1.71 bits per heavy atom. The molecule has 2 aromatic rings. The molecule has 5 atom stereocenters. The van der Waals surface area contributed by atoms with Crippen LogP contribution in [-0.4, -0.2) is 53.8 Å². The maximum absolute atomic E-state index is 12.4. The number of carbonyl (C=O) groups excluding carboxylic acids is 2. The molecule has 0 unspecified atom stereocenters. The molecule has 34 heavy (non-hydrogen) atoms. The average molecular weight is 489 g/mol. The van der Waals surface area contributed by atoms with Gasteiger partial charge in [0, 0.05) is 11.3 Å². The summed E-state index contributed by atoms with van der Waals surface area (Å²) in [6.45, 7) is 5.44. The molecule has 1 aliphatic heterocycles. The van der Waals surface area contributed by atoms with Crippen molar-refractivity contribution in [2.75, 3.05) is 7.11 Å². The highest BCUT2D eigenvalue weighted by atomic mass is 32.2. The van der Waals surface area contributed by atoms with Gasteiger partial charge in [-0.2, -0.15) is 0 Å². The number of ketones is 1. The maximum Gasteiger partial charge on any atom is 0.306 e. The summed E-state index contributed by atoms with van der Waals surface area (Å²) in [4.78, 5) is 24.6. The van der Waals surface area contributed by atoms with Crippen LogP contribution in [0.15, 0.2) is 53.4 Å². The van der Waals surface area contributed by atoms with E-state index < -0.39 is 35.8 Å². The van der Waals surface area contributed by atoms with E-state index in [1.807, 2.05) is 55.5 Å². The molecule has 0 spiro atoms. The first kappa shape index (κ1) is 26.2. The Kier molecular flexibility index (Phi) is 9.53. The largest absolute Gasteiger partial charge is 0.497 e. The third kappa shape index (κ3) is 7.30. The normalized spacial score (nSPS) is 24.4. The third-order valence-electron chi connectivity index (χ3n) is 5.57. The minimum absolute atomic E-state index is 0.0264. The smallest absolute Gasteiger partial charge is 0.306 e. The second kappa shape index (κ2) is 12.4. The van der Waals surface area contributed by atoms with E-state index in [4.69, 9.17) is 18.9 Å². The molecule has 0 amide bonds. The van der Waals surface area contributed by atoms with Crippen LogP contribution in [0.4, 0.5) is 0 Å². The zero-order valence-corrected chi connectivity index (χ0v) is 20.7. The summed E-state index contributed by atoms with van der Waals surface area (Å²) in [5, 5.41) is 11.2. The molecule has 0 bridgehead atoms. The number of ether oxygens (including phenoxy) is 4. The van der Waals surface area contributed by atoms with E-state index in [2.05, 4.69) is 0 Å². The van der Waals surface area contributed by atoms with E-state index in [0.717, 1.165) is 21.8 Å². The van der Waals surface area contributed by atoms with Crippen LogP contribution < -0.4 is 4.74 Å². The number of carbonyl (C=O) groups is 2. The Balaban J connectivity index is 1.75. The zero-order valence-electron chi connectivity index (χ0n) is 19.9. The first-order valence-electron chi connectivity index (χ1n) is 11.3. The van der Waals surface area contributed by atoms with Gasteiger partial charge in [-0.1, -0.05) is 41.6 Å². The number of aryl methyl sites for hydroxylation is 1. The van der Waals surface area contributed by atoms with E-state index in [1.54, 1.807) is 14.0 Å². The standard InChI is InChI=1S/C26H32O7S/c1-16-5-12-21(13-6-16)34-26-23(29)25(31-15-19-8-10-20(30-4)11-9-19)24(18(3)32-26)33-22(28)14-7-17(2)27/h5-6,8-13,18,23-26,29H,7,14-15H2,1-4H3/t18-,23+,24-,25-,26-/m0/s1. The molecule has 0 aliphatic carbocycles. The van der Waals surface area contributed by atoms with Crippen molar-refractivity contribution in [3.8, 4) is 5.75 Å². The molecule has 1 heterocycles. The number of benzene rings is 2. The minimum Gasteiger partial charge on any atom is -0.497 e. The number of thioether (sulfide) groups is 1. The second-order valence-corrected chi connectivity index (χ2v) is 9.58. The third-order valence-corrected chi connectivity index (χ3v) is 6.74. The second-order valence-electron chi connectivity index (χ2n) is 8.41. The van der Waals surface area contributed by atoms with E-state index in [1.165, 1.54) is 18.7 Å². The minimum atomic E-state index is -1.05. The molecular weight excluding hydrogens is 456 g/mol. The zero-order chi connectivity index (χ0) is 24.7. The number of Topliss-reactive ketones (excluding diaryl/α,β-unsaturated/α-hetero) is 1. The Morgan fingerprint density at radius 1 is 1.03 bits per heavy atom. The highest BCUT2D eigenvalue weighted by molar-refractivity contribution is 7.99. The van der Waals surface area contributed by atoms with Gasteiger partial charge >= 0.3 is 5.97 Å². The number of methoxy groups -OCH3 is 1. The quantitative estimate of drug-likeness (QED) is 0.501. The van der Waals surface area contributed by atoms with Gasteiger partial charge in [0.15, 0.2) is 6.10 Å². The van der Waals surface area contributed by atoms with Gasteiger partial charge in [-0.25, -0.2) is 0 Å². The number of aliphatic hydroxyl groups excluding tert-OH is 1. The summed E-state index contributed by atoms with van der Waals surface area (Å²) in [7, 11) is 1.60. The van der Waals surface area contributed by atoms with Gasteiger partial charge in [-0.3, -0.25) is 4.79 Å². The Labute approximate surface area is 204 Å². The first-order valence-corrected chi connectivity index (χ1v) is 12.1. The summed E-state index contributed by atoms with van der Waals surface area (Å²) in [5.74, 6) is 0.118. The van der Waals surface area contributed by atoms with Crippen molar-refractivity contribution in [2.45, 2.75) is 75.0 Å². The Hall–Kier alpha value is -2.39. The molecule has 1 fully saturated rings. The van der Waals surface area contributed by atoms with Gasteiger partial charge in [0.05, 0.1) is 26.2 Å². The van der Waals surface area contributed by atoms with Crippen molar-refractivity contribution in [1.29, 1.82) is 0 Å². The fourth-order valence-electron chi connectivity index (χ4n) is 3.59. The van der Waals surface area contributed by atoms with Crippen LogP contribution in [0.3, 0.4) is 0 Å². The van der Waals surface area contributed by atoms with Crippen molar-refractivity contribution in [1.82, 2.24) is 0 Å². The fourth-order valence-corrected chi connectivity index (χ4v) is 4.68. The fraction of sp³-hybridized carbons (Fsp3) is 0.462. The molecule has 0 aromatic heterocycles. The molecule has 3 rings (SSSR count). The highest BCUT2D eigenvalue weighted by Crippen LogP contribution is 2.36. The van der Waals surface area contributed by atoms with E-state index in [-0.39, 0.29) is 25.2 Å². The monoisotopic (exact) mass is 488 g/mol. The van der Waals surface area contributed by atoms with Crippen molar-refractivity contribution in [2.24, 2.45) is 0 Å². The number of rotatable bonds is 10. The van der Waals surface area contributed by atoms with Crippen LogP contribution in [0.5, 0.6) is 5.75 Å². The van der Waals surface area contributed by atoms with Gasteiger partial charge in [-0.05, 0) is 50.6 Å². The molecule has 0 saturated carbocycles. The summed E-state index contributed by atoms with van der Waals surface area (Å²) >= 11 is 1.40. The summed E-state index contributed by atoms with van der Waals surface area (Å²) in [6, 6.07) is 15.4. The lowest BCUT2D eigenvalue weighted by atomic mass is 10.00. The summed E-state index contributed by atoms with van der Waals surface area (Å²) in [5.41, 5.74) is 1.42. The first-order chi connectivity index (χ1) is 16.3. The van der Waals surface area contributed by atoms with Gasteiger partial charge in [0.25, 0.3) is 0 Å². The van der Waals surface area contributed by atoms with Crippen LogP contribution in [0.2, 0.25) is 0 Å². The van der Waals surface area contributed by atoms with E-state index >= 15 is 0 Å². The van der Waals surface area contributed by atoms with Crippen LogP contribution >= 0.6 is 11.8 Å². The molecule has 0 radical (unpaired) electrons. The van der Waals surface area contributed by atoms with Crippen molar-refractivity contribution >= 4 is 23.5 Å². The predicted octanol–water partition coefficient (Wildman–Crippen LogP) is 4.07. The number of hydrogen-bond acceptors (Lipinski definition) is 8. The predicted molar refractivity (Wildman–Crippen MR) is 129 cm³/mol. The highest BCUT2D eigenvalue weighted by Gasteiger charge is 2.46. The van der Waals surface area contributed by atoms with Crippen LogP contribution in [0, 0.1) is 6.92 Å².